The van der Waals surface area contributed by atoms with Gasteiger partial charge in [-0.2, -0.15) is 0 Å². The fourth-order valence-corrected chi connectivity index (χ4v) is 7.52. The number of carboxylic acid groups (broad SMARTS) is 2. The van der Waals surface area contributed by atoms with E-state index in [1.54, 1.807) is 28.6 Å². The number of hydrogen-bond donors (Lipinski definition) is 5. The molecule has 0 aromatic heterocycles. The average molecular weight is 677 g/mol. The summed E-state index contributed by atoms with van der Waals surface area (Å²) in [6.07, 6.45) is 19.9. The minimum Gasteiger partial charge on any atom is -0.481 e. The zero-order valence-electron chi connectivity index (χ0n) is 28.4. The van der Waals surface area contributed by atoms with Crippen molar-refractivity contribution in [1.82, 2.24) is 20.9 Å². The third-order valence-corrected chi connectivity index (χ3v) is 10.3. The lowest BCUT2D eigenvalue weighted by atomic mass is 10.1. The van der Waals surface area contributed by atoms with Crippen LogP contribution >= 0.6 is 21.6 Å². The molecule has 0 radical (unpaired) electrons. The van der Waals surface area contributed by atoms with Crippen molar-refractivity contribution < 1.29 is 29.4 Å². The number of aliphatic carboxylic acids is 2. The molecule has 0 rings (SSSR count). The fourth-order valence-electron chi connectivity index (χ4n) is 4.92. The molecule has 12 heteroatoms. The van der Waals surface area contributed by atoms with Crippen molar-refractivity contribution >= 4 is 45.3 Å². The Morgan fingerprint density at radius 1 is 0.556 bits per heavy atom. The van der Waals surface area contributed by atoms with E-state index in [0.29, 0.717) is 24.6 Å². The molecule has 0 fully saturated rings. The molecule has 45 heavy (non-hydrogen) atoms. The van der Waals surface area contributed by atoms with Crippen molar-refractivity contribution in [2.75, 3.05) is 45.7 Å². The third kappa shape index (κ3) is 28.5. The zero-order valence-corrected chi connectivity index (χ0v) is 30.0. The molecule has 0 saturated heterocycles. The number of unbranched alkanes of at least 4 members (excludes halogenated alkanes) is 16. The summed E-state index contributed by atoms with van der Waals surface area (Å²) in [6, 6.07) is -0.491. The highest BCUT2D eigenvalue weighted by Crippen LogP contribution is 2.24. The Bertz CT molecular complexity index is 775. The summed E-state index contributed by atoms with van der Waals surface area (Å²) >= 11 is 0. The van der Waals surface area contributed by atoms with Crippen molar-refractivity contribution in [3.63, 3.8) is 0 Å². The molecule has 0 saturated carbocycles. The van der Waals surface area contributed by atoms with Gasteiger partial charge in [-0.15, -0.1) is 0 Å². The van der Waals surface area contributed by atoms with Gasteiger partial charge in [0.05, 0.1) is 12.1 Å². The summed E-state index contributed by atoms with van der Waals surface area (Å²) in [6.45, 7) is 1.37. The largest absolute Gasteiger partial charge is 0.481 e. The number of amides is 2. The number of carbonyl (C=O) groups excluding carboxylic acids is 2. The Morgan fingerprint density at radius 2 is 0.911 bits per heavy atom. The first-order valence-electron chi connectivity index (χ1n) is 17.3. The number of rotatable bonds is 33. The number of nitrogens with zero attached hydrogens (tertiary/aromatic N) is 1. The van der Waals surface area contributed by atoms with Gasteiger partial charge in [0.1, 0.15) is 0 Å². The highest BCUT2D eigenvalue weighted by atomic mass is 33.1. The molecule has 0 spiro atoms. The maximum atomic E-state index is 12.8. The lowest BCUT2D eigenvalue weighted by Gasteiger charge is -2.23. The smallest absolute Gasteiger partial charge is 0.303 e. The molecule has 0 aliphatic heterocycles. The van der Waals surface area contributed by atoms with Crippen LogP contribution in [0.4, 0.5) is 0 Å². The normalized spacial score (nSPS) is 12.6. The second kappa shape index (κ2) is 31.1. The summed E-state index contributed by atoms with van der Waals surface area (Å²) in [4.78, 5) is 48.4. The Kier molecular flexibility index (Phi) is 30.1. The van der Waals surface area contributed by atoms with E-state index in [1.165, 1.54) is 38.5 Å². The van der Waals surface area contributed by atoms with Crippen LogP contribution < -0.4 is 16.0 Å². The molecule has 264 valence electrons. The van der Waals surface area contributed by atoms with Crippen molar-refractivity contribution in [2.45, 2.75) is 141 Å². The predicted molar refractivity (Wildman–Crippen MR) is 189 cm³/mol. The van der Waals surface area contributed by atoms with E-state index in [9.17, 15) is 19.2 Å². The molecular formula is C33H64N4O6S2. The fraction of sp³-hybridized carbons (Fsp3) is 0.879. The van der Waals surface area contributed by atoms with Gasteiger partial charge in [0, 0.05) is 37.4 Å². The second-order valence-electron chi connectivity index (χ2n) is 12.1. The Balaban J connectivity index is 3.88. The van der Waals surface area contributed by atoms with Crippen molar-refractivity contribution in [3.05, 3.63) is 0 Å². The highest BCUT2D eigenvalue weighted by Gasteiger charge is 2.22. The Labute approximate surface area is 281 Å². The first kappa shape index (κ1) is 43.5. The lowest BCUT2D eigenvalue weighted by molar-refractivity contribution is -0.138. The van der Waals surface area contributed by atoms with Crippen LogP contribution in [0, 0.1) is 0 Å². The first-order valence-corrected chi connectivity index (χ1v) is 19.7. The summed E-state index contributed by atoms with van der Waals surface area (Å²) in [5, 5.41) is 26.6. The van der Waals surface area contributed by atoms with E-state index in [2.05, 4.69) is 16.0 Å². The van der Waals surface area contributed by atoms with Crippen LogP contribution in [0.3, 0.4) is 0 Å². The van der Waals surface area contributed by atoms with Gasteiger partial charge in [-0.3, -0.25) is 24.1 Å². The molecule has 10 nitrogen and oxygen atoms in total. The summed E-state index contributed by atoms with van der Waals surface area (Å²) < 4.78 is 0. The van der Waals surface area contributed by atoms with E-state index in [4.69, 9.17) is 10.2 Å². The van der Waals surface area contributed by atoms with Crippen LogP contribution in [0.5, 0.6) is 0 Å². The van der Waals surface area contributed by atoms with Crippen LogP contribution in [0.2, 0.25) is 0 Å². The molecule has 0 aliphatic carbocycles. The molecule has 5 N–H and O–H groups in total. The molecule has 0 bridgehead atoms. The zero-order chi connectivity index (χ0) is 33.5. The second-order valence-corrected chi connectivity index (χ2v) is 14.7. The van der Waals surface area contributed by atoms with Gasteiger partial charge in [0.15, 0.2) is 0 Å². The molecule has 2 atom stereocenters. The monoisotopic (exact) mass is 676 g/mol. The SMILES string of the molecule is CNC(CSSCC(C(=O)NCCCCCCCCCCCC(=O)O)N(C)C)C(=O)NCCCCCCCCCCCC(=O)O. The van der Waals surface area contributed by atoms with Crippen molar-refractivity contribution in [2.24, 2.45) is 0 Å². The number of carboxylic acids is 2. The van der Waals surface area contributed by atoms with Crippen molar-refractivity contribution in [3.8, 4) is 0 Å². The van der Waals surface area contributed by atoms with Gasteiger partial charge in [-0.05, 0) is 46.8 Å². The summed E-state index contributed by atoms with van der Waals surface area (Å²) in [5.41, 5.74) is 0. The Hall–Kier alpha value is -1.50. The van der Waals surface area contributed by atoms with E-state index in [0.717, 1.165) is 77.0 Å². The average Bonchev–Trinajstić information content (AvgIpc) is 2.99. The van der Waals surface area contributed by atoms with Crippen LogP contribution in [0.15, 0.2) is 0 Å². The number of hydrogen-bond acceptors (Lipinski definition) is 8. The van der Waals surface area contributed by atoms with E-state index < -0.39 is 11.9 Å². The topological polar surface area (TPSA) is 148 Å². The molecule has 0 aliphatic rings. The first-order chi connectivity index (χ1) is 21.7. The van der Waals surface area contributed by atoms with E-state index in [1.807, 2.05) is 19.0 Å². The summed E-state index contributed by atoms with van der Waals surface area (Å²) in [5.74, 6) is -0.0684. The number of carbonyl (C=O) groups is 4. The molecule has 2 unspecified atom stereocenters. The Morgan fingerprint density at radius 3 is 1.29 bits per heavy atom. The van der Waals surface area contributed by atoms with Crippen LogP contribution in [-0.4, -0.2) is 96.7 Å². The minimum absolute atomic E-state index is 0.0182. The molecule has 2 amide bonds. The van der Waals surface area contributed by atoms with Gasteiger partial charge in [-0.1, -0.05) is 111 Å². The van der Waals surface area contributed by atoms with Crippen LogP contribution in [0.25, 0.3) is 0 Å². The van der Waals surface area contributed by atoms with Gasteiger partial charge in [0.2, 0.25) is 11.8 Å². The van der Waals surface area contributed by atoms with Crippen LogP contribution in [-0.2, 0) is 19.2 Å². The number of nitrogens with one attached hydrogen (secondary N) is 3. The number of likely N-dealkylation sites (N-methyl/N-ethyl adjacent to an activating group) is 2. The van der Waals surface area contributed by atoms with Crippen LogP contribution in [0.1, 0.15) is 128 Å². The maximum Gasteiger partial charge on any atom is 0.303 e. The molecule has 0 aromatic carbocycles. The third-order valence-electron chi connectivity index (χ3n) is 7.87. The molecular weight excluding hydrogens is 613 g/mol. The standard InChI is InChI=1S/C33H64N4O6S2/c1-34-28(32(42)35-24-20-16-12-8-4-6-10-14-18-22-30(38)39)26-44-45-27-29(37(2)3)33(43)36-25-21-17-13-9-5-7-11-15-19-23-31(40)41/h28-29,34H,4-27H2,1-3H3,(H,35,42)(H,36,43)(H,38,39)(H,40,41). The van der Waals surface area contributed by atoms with Crippen molar-refractivity contribution in [1.29, 1.82) is 0 Å². The van der Waals surface area contributed by atoms with Gasteiger partial charge >= 0.3 is 11.9 Å². The van der Waals surface area contributed by atoms with Gasteiger partial charge < -0.3 is 26.2 Å². The summed E-state index contributed by atoms with van der Waals surface area (Å²) in [7, 11) is 8.89. The molecule has 0 heterocycles. The van der Waals surface area contributed by atoms with Gasteiger partial charge in [0.25, 0.3) is 0 Å². The van der Waals surface area contributed by atoms with E-state index in [-0.39, 0.29) is 36.7 Å². The minimum atomic E-state index is -0.707. The lowest BCUT2D eigenvalue weighted by Crippen LogP contribution is -2.45. The van der Waals surface area contributed by atoms with E-state index >= 15 is 0 Å². The highest BCUT2D eigenvalue weighted by molar-refractivity contribution is 8.76. The quantitative estimate of drug-likeness (QED) is 0.0409. The molecule has 0 aromatic rings. The predicted octanol–water partition coefficient (Wildman–Crippen LogP) is 6.09. The van der Waals surface area contributed by atoms with Gasteiger partial charge in [-0.25, -0.2) is 0 Å². The maximum absolute atomic E-state index is 12.8.